The van der Waals surface area contributed by atoms with Crippen LogP contribution in [0.25, 0.3) is 0 Å². The van der Waals surface area contributed by atoms with Crippen LogP contribution in [0, 0.1) is 0 Å². The van der Waals surface area contributed by atoms with E-state index in [9.17, 15) is 14.2 Å². The lowest BCUT2D eigenvalue weighted by atomic mass is 9.82. The van der Waals surface area contributed by atoms with Gasteiger partial charge in [0.25, 0.3) is 5.91 Å². The highest BCUT2D eigenvalue weighted by Gasteiger charge is 2.57. The van der Waals surface area contributed by atoms with Crippen LogP contribution in [0.3, 0.4) is 0 Å². The van der Waals surface area contributed by atoms with Crippen molar-refractivity contribution in [3.8, 4) is 0 Å². The van der Waals surface area contributed by atoms with Crippen LogP contribution in [0.15, 0.2) is 60.7 Å². The summed E-state index contributed by atoms with van der Waals surface area (Å²) in [4.78, 5) is 26.7. The van der Waals surface area contributed by atoms with E-state index in [4.69, 9.17) is 0 Å². The molecule has 22 heavy (non-hydrogen) atoms. The Morgan fingerprint density at radius 1 is 0.864 bits per heavy atom. The Morgan fingerprint density at radius 2 is 1.32 bits per heavy atom. The maximum Gasteiger partial charge on any atom is 0.333 e. The molecule has 1 aliphatic rings. The van der Waals surface area contributed by atoms with E-state index in [1.165, 1.54) is 4.90 Å². The summed E-state index contributed by atoms with van der Waals surface area (Å²) in [5.41, 5.74) is 0.0894. The molecule has 1 unspecified atom stereocenters. The maximum absolute atomic E-state index is 13.0. The fraction of sp³-hybridized carbons (Fsp3) is 0.125. The van der Waals surface area contributed by atoms with E-state index in [0.29, 0.717) is 11.1 Å². The number of hydrogen-bond donors (Lipinski definition) is 0. The number of urea groups is 1. The SMILES string of the molecule is CN1C(=O)N([PH2]=O)C(=O)C1(c1ccccc1)c1ccccc1. The topological polar surface area (TPSA) is 57.7 Å². The van der Waals surface area contributed by atoms with Crippen molar-refractivity contribution < 1.29 is 14.2 Å². The van der Waals surface area contributed by atoms with E-state index in [2.05, 4.69) is 0 Å². The summed E-state index contributed by atoms with van der Waals surface area (Å²) >= 11 is 0. The van der Waals surface area contributed by atoms with Gasteiger partial charge in [-0.3, -0.25) is 4.79 Å². The maximum atomic E-state index is 13.0. The van der Waals surface area contributed by atoms with E-state index >= 15 is 0 Å². The molecule has 0 spiro atoms. The minimum Gasteiger partial charge on any atom is -0.306 e. The fourth-order valence-electron chi connectivity index (χ4n) is 2.96. The number of likely N-dealkylation sites (N-methyl/N-ethyl adjacent to an activating group) is 1. The van der Waals surface area contributed by atoms with Gasteiger partial charge in [0.15, 0.2) is 14.1 Å². The van der Waals surface area contributed by atoms with E-state index < -0.39 is 26.1 Å². The van der Waals surface area contributed by atoms with Crippen LogP contribution in [0.5, 0.6) is 0 Å². The molecule has 1 heterocycles. The second-order valence-electron chi connectivity index (χ2n) is 5.06. The molecule has 0 bridgehead atoms. The van der Waals surface area contributed by atoms with Gasteiger partial charge >= 0.3 is 6.03 Å². The van der Waals surface area contributed by atoms with E-state index in [-0.39, 0.29) is 0 Å². The second kappa shape index (κ2) is 5.43. The highest BCUT2D eigenvalue weighted by molar-refractivity contribution is 7.23. The number of benzene rings is 2. The van der Waals surface area contributed by atoms with Crippen LogP contribution in [0.2, 0.25) is 0 Å². The molecule has 1 aliphatic heterocycles. The van der Waals surface area contributed by atoms with Crippen LogP contribution < -0.4 is 0 Å². The van der Waals surface area contributed by atoms with E-state index in [1.807, 2.05) is 36.4 Å². The summed E-state index contributed by atoms with van der Waals surface area (Å²) in [6.45, 7) is 0. The van der Waals surface area contributed by atoms with Gasteiger partial charge in [-0.2, -0.15) is 0 Å². The molecule has 0 radical (unpaired) electrons. The highest BCUT2D eigenvalue weighted by atomic mass is 31.1. The Hall–Kier alpha value is -2.39. The molecule has 1 fully saturated rings. The van der Waals surface area contributed by atoms with Crippen molar-refractivity contribution >= 4 is 20.5 Å². The standard InChI is InChI=1S/C16H15N2O3P/c1-17-15(20)18(22-21)14(19)16(17,12-8-4-2-5-9-12)13-10-6-3-7-11-13/h2-11H,22H2,1H3. The van der Waals surface area contributed by atoms with Gasteiger partial charge < -0.3 is 9.46 Å². The lowest BCUT2D eigenvalue weighted by molar-refractivity contribution is -0.128. The van der Waals surface area contributed by atoms with Crippen molar-refractivity contribution in [1.82, 2.24) is 9.57 Å². The lowest BCUT2D eigenvalue weighted by Crippen LogP contribution is -2.45. The van der Waals surface area contributed by atoms with Gasteiger partial charge in [-0.05, 0) is 11.1 Å². The minimum absolute atomic E-state index is 0.470. The third-order valence-corrected chi connectivity index (χ3v) is 4.68. The monoisotopic (exact) mass is 314 g/mol. The first-order chi connectivity index (χ1) is 10.6. The molecule has 0 aliphatic carbocycles. The Bertz CT molecular complexity index is 694. The summed E-state index contributed by atoms with van der Waals surface area (Å²) in [6, 6.07) is 17.6. The van der Waals surface area contributed by atoms with Crippen molar-refractivity contribution in [2.45, 2.75) is 5.54 Å². The molecular weight excluding hydrogens is 299 g/mol. The smallest absolute Gasteiger partial charge is 0.306 e. The molecule has 2 aromatic rings. The third-order valence-electron chi connectivity index (χ3n) is 4.01. The van der Waals surface area contributed by atoms with Crippen LogP contribution in [-0.4, -0.2) is 28.6 Å². The second-order valence-corrected chi connectivity index (χ2v) is 5.79. The molecule has 3 rings (SSSR count). The molecule has 3 amide bonds. The van der Waals surface area contributed by atoms with E-state index in [0.717, 1.165) is 4.67 Å². The molecule has 0 aromatic heterocycles. The van der Waals surface area contributed by atoms with Crippen LogP contribution in [-0.2, 0) is 14.9 Å². The zero-order valence-electron chi connectivity index (χ0n) is 12.0. The predicted molar refractivity (Wildman–Crippen MR) is 84.1 cm³/mol. The van der Waals surface area contributed by atoms with Gasteiger partial charge in [-0.15, -0.1) is 0 Å². The lowest BCUT2D eigenvalue weighted by Gasteiger charge is -2.33. The summed E-state index contributed by atoms with van der Waals surface area (Å²) in [7, 11) is -0.0927. The molecule has 1 saturated heterocycles. The number of carbonyl (C=O) groups is 2. The zero-order valence-corrected chi connectivity index (χ0v) is 13.1. The van der Waals surface area contributed by atoms with Crippen LogP contribution in [0.4, 0.5) is 4.79 Å². The molecule has 0 N–H and O–H groups in total. The average molecular weight is 314 g/mol. The molecule has 2 aromatic carbocycles. The average Bonchev–Trinajstić information content (AvgIpc) is 2.76. The summed E-state index contributed by atoms with van der Waals surface area (Å²) in [5.74, 6) is -0.470. The minimum atomic E-state index is -1.66. The molecule has 112 valence electrons. The fourth-order valence-corrected chi connectivity index (χ4v) is 3.51. The first-order valence-electron chi connectivity index (χ1n) is 6.82. The quantitative estimate of drug-likeness (QED) is 0.646. The molecule has 6 heteroatoms. The van der Waals surface area contributed by atoms with Crippen molar-refractivity contribution in [3.63, 3.8) is 0 Å². The first-order valence-corrected chi connectivity index (χ1v) is 7.80. The van der Waals surface area contributed by atoms with Gasteiger partial charge in [0.2, 0.25) is 0 Å². The Kier molecular flexibility index (Phi) is 3.59. The number of amides is 3. The first kappa shape index (κ1) is 14.5. The van der Waals surface area contributed by atoms with Crippen molar-refractivity contribution in [3.05, 3.63) is 71.8 Å². The highest BCUT2D eigenvalue weighted by Crippen LogP contribution is 2.43. The third kappa shape index (κ3) is 1.82. The molecular formula is C16H15N2O3P. The van der Waals surface area contributed by atoms with Gasteiger partial charge in [-0.1, -0.05) is 60.7 Å². The summed E-state index contributed by atoms with van der Waals surface area (Å²) in [6.07, 6.45) is 0. The Labute approximate surface area is 129 Å². The van der Waals surface area contributed by atoms with Gasteiger partial charge in [0, 0.05) is 7.05 Å². The normalized spacial score (nSPS) is 17.7. The Balaban J connectivity index is 2.32. The molecule has 5 nitrogen and oxygen atoms in total. The zero-order chi connectivity index (χ0) is 15.7. The largest absolute Gasteiger partial charge is 0.333 e. The van der Waals surface area contributed by atoms with Gasteiger partial charge in [-0.25, -0.2) is 9.46 Å². The van der Waals surface area contributed by atoms with Crippen molar-refractivity contribution in [1.29, 1.82) is 0 Å². The Morgan fingerprint density at radius 3 is 1.68 bits per heavy atom. The number of carbonyl (C=O) groups excluding carboxylic acids is 2. The summed E-state index contributed by atoms with van der Waals surface area (Å²) in [5, 5.41) is 0. The predicted octanol–water partition coefficient (Wildman–Crippen LogP) is 2.50. The molecule has 0 saturated carbocycles. The van der Waals surface area contributed by atoms with Gasteiger partial charge in [0.05, 0.1) is 0 Å². The van der Waals surface area contributed by atoms with Gasteiger partial charge in [0.1, 0.15) is 0 Å². The number of hydrogen-bond acceptors (Lipinski definition) is 3. The van der Waals surface area contributed by atoms with Crippen molar-refractivity contribution in [2.24, 2.45) is 0 Å². The molecule has 1 atom stereocenters. The van der Waals surface area contributed by atoms with Crippen LogP contribution >= 0.6 is 8.61 Å². The number of nitrogens with zero attached hydrogens (tertiary/aromatic N) is 2. The summed E-state index contributed by atoms with van der Waals surface area (Å²) < 4.78 is 12.2. The van der Waals surface area contributed by atoms with Crippen molar-refractivity contribution in [2.75, 3.05) is 7.05 Å². The number of rotatable bonds is 3. The van der Waals surface area contributed by atoms with E-state index in [1.54, 1.807) is 31.3 Å². The number of imide groups is 1. The van der Waals surface area contributed by atoms with Crippen LogP contribution in [0.1, 0.15) is 11.1 Å².